The molecule has 0 radical (unpaired) electrons. The lowest BCUT2D eigenvalue weighted by Crippen LogP contribution is -2.11. The Morgan fingerprint density at radius 2 is 0.823 bits per heavy atom. The van der Waals surface area contributed by atoms with Crippen LogP contribution in [0.15, 0.2) is 241 Å². The molecule has 0 saturated carbocycles. The molecule has 62 heavy (non-hydrogen) atoms. The molecule has 0 bridgehead atoms. The molecule has 0 aliphatic rings. The van der Waals surface area contributed by atoms with E-state index in [-0.39, 0.29) is 0 Å². The predicted molar refractivity (Wildman–Crippen MR) is 263 cm³/mol. The van der Waals surface area contributed by atoms with Crippen molar-refractivity contribution >= 4 is 71.3 Å². The van der Waals surface area contributed by atoms with Crippen molar-refractivity contribution < 1.29 is 4.42 Å². The molecule has 12 aromatic rings. The number of benzene rings is 11. The van der Waals surface area contributed by atoms with Crippen LogP contribution in [0.2, 0.25) is 0 Å². The molecule has 11 aromatic carbocycles. The van der Waals surface area contributed by atoms with Crippen LogP contribution in [0.25, 0.3) is 98.8 Å². The van der Waals surface area contributed by atoms with Crippen LogP contribution >= 0.6 is 0 Å². The first-order chi connectivity index (χ1) is 30.7. The van der Waals surface area contributed by atoms with Gasteiger partial charge in [-0.2, -0.15) is 0 Å². The van der Waals surface area contributed by atoms with E-state index in [0.717, 1.165) is 61.3 Å². The molecule has 0 N–H and O–H groups in total. The summed E-state index contributed by atoms with van der Waals surface area (Å²) in [4.78, 5) is 2.42. The fourth-order valence-corrected chi connectivity index (χ4v) is 9.37. The summed E-state index contributed by atoms with van der Waals surface area (Å²) >= 11 is 0. The van der Waals surface area contributed by atoms with Crippen LogP contribution < -0.4 is 4.90 Å². The molecule has 0 atom stereocenters. The Morgan fingerprint density at radius 1 is 0.258 bits per heavy atom. The molecule has 2 heteroatoms. The topological polar surface area (TPSA) is 16.4 Å². The monoisotopic (exact) mass is 789 g/mol. The van der Waals surface area contributed by atoms with E-state index in [2.05, 4.69) is 241 Å². The van der Waals surface area contributed by atoms with Crippen LogP contribution in [0.1, 0.15) is 0 Å². The zero-order chi connectivity index (χ0) is 41.0. The number of furan rings is 1. The van der Waals surface area contributed by atoms with Gasteiger partial charge in [-0.25, -0.2) is 0 Å². The van der Waals surface area contributed by atoms with Crippen molar-refractivity contribution in [1.82, 2.24) is 0 Å². The molecule has 1 heterocycles. The molecule has 0 saturated heterocycles. The second-order valence-corrected chi connectivity index (χ2v) is 16.1. The Hall–Kier alpha value is -8.20. The van der Waals surface area contributed by atoms with E-state index < -0.39 is 0 Å². The van der Waals surface area contributed by atoms with Crippen molar-refractivity contribution in [3.8, 4) is 44.5 Å². The van der Waals surface area contributed by atoms with Crippen molar-refractivity contribution in [3.05, 3.63) is 237 Å². The van der Waals surface area contributed by atoms with Gasteiger partial charge >= 0.3 is 0 Å². The third kappa shape index (κ3) is 6.20. The first kappa shape index (κ1) is 35.7. The highest BCUT2D eigenvalue weighted by Crippen LogP contribution is 2.45. The lowest BCUT2D eigenvalue weighted by atomic mass is 9.93. The minimum Gasteiger partial charge on any atom is -0.456 e. The van der Waals surface area contributed by atoms with E-state index in [1.165, 1.54) is 54.6 Å². The molecule has 290 valence electrons. The standard InChI is InChI=1S/C60H39NO/c1-3-14-40(15-4-1)43-21-13-22-50(34-43)61(49-30-26-42(27-31-49)54-38-48-20-9-10-23-51(48)52-24-11-12-25-53(52)54)58-32-28-46(35-55(58)41-16-5-2-6-17-41)47-29-33-59-56(37-47)57-36-44-18-7-8-19-45(44)39-60(57)62-59/h1-39H. The Labute approximate surface area is 360 Å². The van der Waals surface area contributed by atoms with Gasteiger partial charge in [-0.1, -0.05) is 170 Å². The molecule has 1 aromatic heterocycles. The van der Waals surface area contributed by atoms with E-state index in [9.17, 15) is 0 Å². The first-order valence-corrected chi connectivity index (χ1v) is 21.2. The molecule has 0 aliphatic heterocycles. The van der Waals surface area contributed by atoms with Crippen molar-refractivity contribution in [1.29, 1.82) is 0 Å². The third-order valence-electron chi connectivity index (χ3n) is 12.4. The van der Waals surface area contributed by atoms with Crippen LogP contribution in [0, 0.1) is 0 Å². The molecule has 12 rings (SSSR count). The van der Waals surface area contributed by atoms with Crippen molar-refractivity contribution in [2.24, 2.45) is 0 Å². The maximum atomic E-state index is 6.40. The SMILES string of the molecule is c1ccc(-c2cccc(N(c3ccc(-c4cc5ccccc5c5ccccc45)cc3)c3ccc(-c4ccc5oc6cc7ccccc7cc6c5c4)cc3-c3ccccc3)c2)cc1. The van der Waals surface area contributed by atoms with Gasteiger partial charge < -0.3 is 9.32 Å². The van der Waals surface area contributed by atoms with Gasteiger partial charge in [0, 0.05) is 27.7 Å². The van der Waals surface area contributed by atoms with Crippen molar-refractivity contribution in [2.45, 2.75) is 0 Å². The highest BCUT2D eigenvalue weighted by molar-refractivity contribution is 6.14. The molecule has 0 aliphatic carbocycles. The summed E-state index contributed by atoms with van der Waals surface area (Å²) in [5, 5.41) is 9.67. The van der Waals surface area contributed by atoms with Gasteiger partial charge in [0.15, 0.2) is 0 Å². The predicted octanol–water partition coefficient (Wildman–Crippen LogP) is 17.2. The van der Waals surface area contributed by atoms with Crippen LogP contribution in [-0.4, -0.2) is 0 Å². The van der Waals surface area contributed by atoms with Crippen molar-refractivity contribution in [2.75, 3.05) is 4.90 Å². The number of hydrogen-bond donors (Lipinski definition) is 0. The third-order valence-corrected chi connectivity index (χ3v) is 12.4. The van der Waals surface area contributed by atoms with Gasteiger partial charge in [0.05, 0.1) is 5.69 Å². The summed E-state index contributed by atoms with van der Waals surface area (Å²) < 4.78 is 6.40. The lowest BCUT2D eigenvalue weighted by molar-refractivity contribution is 0.669. The highest BCUT2D eigenvalue weighted by atomic mass is 16.3. The number of rotatable bonds is 7. The summed E-state index contributed by atoms with van der Waals surface area (Å²) in [6.45, 7) is 0. The summed E-state index contributed by atoms with van der Waals surface area (Å²) in [6.07, 6.45) is 0. The fraction of sp³-hybridized carbons (Fsp3) is 0. The average Bonchev–Trinajstić information content (AvgIpc) is 3.70. The van der Waals surface area contributed by atoms with Gasteiger partial charge in [0.25, 0.3) is 0 Å². The second-order valence-electron chi connectivity index (χ2n) is 16.1. The van der Waals surface area contributed by atoms with Gasteiger partial charge in [0.2, 0.25) is 0 Å². The first-order valence-electron chi connectivity index (χ1n) is 21.2. The molecular formula is C60H39NO. The Balaban J connectivity index is 1.03. The molecule has 0 unspecified atom stereocenters. The number of nitrogens with zero attached hydrogens (tertiary/aromatic N) is 1. The zero-order valence-corrected chi connectivity index (χ0v) is 33.9. The minimum absolute atomic E-state index is 0.892. The number of anilines is 3. The number of hydrogen-bond acceptors (Lipinski definition) is 2. The van der Waals surface area contributed by atoms with E-state index in [1.54, 1.807) is 0 Å². The van der Waals surface area contributed by atoms with E-state index in [1.807, 2.05) is 0 Å². The molecule has 0 fully saturated rings. The highest BCUT2D eigenvalue weighted by Gasteiger charge is 2.20. The summed E-state index contributed by atoms with van der Waals surface area (Å²) in [5.74, 6) is 0. The van der Waals surface area contributed by atoms with Gasteiger partial charge in [-0.05, 0) is 138 Å². The Kier molecular flexibility index (Phi) is 8.53. The molecular weight excluding hydrogens is 751 g/mol. The normalized spacial score (nSPS) is 11.5. The molecule has 0 spiro atoms. The maximum absolute atomic E-state index is 6.40. The van der Waals surface area contributed by atoms with Crippen LogP contribution in [0.4, 0.5) is 17.1 Å². The summed E-state index contributed by atoms with van der Waals surface area (Å²) in [5.41, 5.74) is 14.4. The second kappa shape index (κ2) is 14.8. The maximum Gasteiger partial charge on any atom is 0.136 e. The van der Waals surface area contributed by atoms with Crippen molar-refractivity contribution in [3.63, 3.8) is 0 Å². The average molecular weight is 790 g/mol. The lowest BCUT2D eigenvalue weighted by Gasteiger charge is -2.29. The largest absolute Gasteiger partial charge is 0.456 e. The van der Waals surface area contributed by atoms with Crippen LogP contribution in [-0.2, 0) is 0 Å². The quantitative estimate of drug-likeness (QED) is 0.150. The van der Waals surface area contributed by atoms with Gasteiger partial charge in [0.1, 0.15) is 11.2 Å². The fourth-order valence-electron chi connectivity index (χ4n) is 9.37. The van der Waals surface area contributed by atoms with E-state index in [0.29, 0.717) is 0 Å². The number of fused-ring (bicyclic) bond motifs is 7. The summed E-state index contributed by atoms with van der Waals surface area (Å²) in [6, 6.07) is 85.6. The van der Waals surface area contributed by atoms with Crippen LogP contribution in [0.5, 0.6) is 0 Å². The molecule has 0 amide bonds. The van der Waals surface area contributed by atoms with E-state index >= 15 is 0 Å². The van der Waals surface area contributed by atoms with Gasteiger partial charge in [-0.15, -0.1) is 0 Å². The van der Waals surface area contributed by atoms with Crippen LogP contribution in [0.3, 0.4) is 0 Å². The van der Waals surface area contributed by atoms with E-state index in [4.69, 9.17) is 4.42 Å². The summed E-state index contributed by atoms with van der Waals surface area (Å²) in [7, 11) is 0. The Morgan fingerprint density at radius 3 is 1.61 bits per heavy atom. The minimum atomic E-state index is 0.892. The smallest absolute Gasteiger partial charge is 0.136 e. The van der Waals surface area contributed by atoms with Gasteiger partial charge in [-0.3, -0.25) is 0 Å². The zero-order valence-electron chi connectivity index (χ0n) is 33.9. The molecule has 2 nitrogen and oxygen atoms in total. The Bertz CT molecular complexity index is 3620.